The van der Waals surface area contributed by atoms with Gasteiger partial charge in [0.15, 0.2) is 11.5 Å². The number of nitrogens with zero attached hydrogens (tertiary/aromatic N) is 1. The summed E-state index contributed by atoms with van der Waals surface area (Å²) in [6, 6.07) is 5.63. The fraction of sp³-hybridized carbons (Fsp3) is 0.588. The predicted octanol–water partition coefficient (Wildman–Crippen LogP) is 1.83. The fourth-order valence-electron chi connectivity index (χ4n) is 3.04. The molecule has 0 aromatic heterocycles. The third kappa shape index (κ3) is 4.13. The normalized spacial score (nSPS) is 18.1. The van der Waals surface area contributed by atoms with Gasteiger partial charge in [-0.2, -0.15) is 0 Å². The largest absolute Gasteiger partial charge is 0.493 e. The van der Waals surface area contributed by atoms with Gasteiger partial charge >= 0.3 is 0 Å². The quantitative estimate of drug-likeness (QED) is 0.871. The number of nitrogens with two attached hydrogens (primary N) is 1. The van der Waals surface area contributed by atoms with Crippen LogP contribution in [-0.2, 0) is 11.2 Å². The van der Waals surface area contributed by atoms with Crippen LogP contribution >= 0.6 is 0 Å². The van der Waals surface area contributed by atoms with Gasteiger partial charge in [0.25, 0.3) is 0 Å². The molecule has 1 amide bonds. The number of hydrogen-bond donors (Lipinski definition) is 1. The van der Waals surface area contributed by atoms with Crippen LogP contribution in [0.4, 0.5) is 0 Å². The lowest BCUT2D eigenvalue weighted by molar-refractivity contribution is -0.132. The van der Waals surface area contributed by atoms with E-state index >= 15 is 0 Å². The molecule has 1 aliphatic rings. The maximum Gasteiger partial charge on any atom is 0.227 e. The Kier molecular flexibility index (Phi) is 6.07. The van der Waals surface area contributed by atoms with E-state index in [-0.39, 0.29) is 5.91 Å². The minimum atomic E-state index is 0.175. The van der Waals surface area contributed by atoms with Crippen molar-refractivity contribution in [3.8, 4) is 11.5 Å². The second-order valence-corrected chi connectivity index (χ2v) is 5.79. The van der Waals surface area contributed by atoms with E-state index < -0.39 is 0 Å². The summed E-state index contributed by atoms with van der Waals surface area (Å²) >= 11 is 0. The number of ether oxygens (including phenoxy) is 2. The van der Waals surface area contributed by atoms with Gasteiger partial charge in [-0.1, -0.05) is 6.07 Å². The SMILES string of the molecule is COc1ccc(CC(=O)N2CCCC(CCN)C2)cc1OC. The molecule has 1 unspecified atom stereocenters. The molecule has 5 nitrogen and oxygen atoms in total. The van der Waals surface area contributed by atoms with Gasteiger partial charge < -0.3 is 20.1 Å². The Morgan fingerprint density at radius 3 is 2.77 bits per heavy atom. The van der Waals surface area contributed by atoms with E-state index in [2.05, 4.69) is 0 Å². The number of benzene rings is 1. The molecule has 1 aliphatic heterocycles. The lowest BCUT2D eigenvalue weighted by Gasteiger charge is -2.32. The van der Waals surface area contributed by atoms with Crippen molar-refractivity contribution < 1.29 is 14.3 Å². The van der Waals surface area contributed by atoms with Crippen molar-refractivity contribution >= 4 is 5.91 Å². The van der Waals surface area contributed by atoms with E-state index in [1.165, 1.54) is 6.42 Å². The molecule has 0 bridgehead atoms. The molecule has 0 aliphatic carbocycles. The van der Waals surface area contributed by atoms with E-state index in [0.717, 1.165) is 31.5 Å². The van der Waals surface area contributed by atoms with Crippen LogP contribution in [0.5, 0.6) is 11.5 Å². The van der Waals surface area contributed by atoms with Gasteiger partial charge in [0.1, 0.15) is 0 Å². The van der Waals surface area contributed by atoms with Gasteiger partial charge in [-0.3, -0.25) is 4.79 Å². The smallest absolute Gasteiger partial charge is 0.227 e. The Bertz CT molecular complexity index is 503. The summed E-state index contributed by atoms with van der Waals surface area (Å²) in [6.45, 7) is 2.39. The van der Waals surface area contributed by atoms with Gasteiger partial charge in [-0.25, -0.2) is 0 Å². The van der Waals surface area contributed by atoms with E-state index in [1.807, 2.05) is 23.1 Å². The molecule has 1 atom stereocenters. The van der Waals surface area contributed by atoms with Crippen molar-refractivity contribution in [3.05, 3.63) is 23.8 Å². The van der Waals surface area contributed by atoms with Crippen LogP contribution < -0.4 is 15.2 Å². The summed E-state index contributed by atoms with van der Waals surface area (Å²) in [5, 5.41) is 0. The highest BCUT2D eigenvalue weighted by molar-refractivity contribution is 5.79. The van der Waals surface area contributed by atoms with Crippen LogP contribution in [0.1, 0.15) is 24.8 Å². The van der Waals surface area contributed by atoms with Gasteiger partial charge in [0.05, 0.1) is 20.6 Å². The number of methoxy groups -OCH3 is 2. The molecule has 1 fully saturated rings. The van der Waals surface area contributed by atoms with Gasteiger partial charge in [-0.15, -0.1) is 0 Å². The van der Waals surface area contributed by atoms with E-state index in [1.54, 1.807) is 14.2 Å². The van der Waals surface area contributed by atoms with Crippen LogP contribution in [-0.4, -0.2) is 44.7 Å². The van der Waals surface area contributed by atoms with Crippen molar-refractivity contribution in [2.75, 3.05) is 33.9 Å². The van der Waals surface area contributed by atoms with Crippen molar-refractivity contribution in [2.45, 2.75) is 25.7 Å². The van der Waals surface area contributed by atoms with E-state index in [9.17, 15) is 4.79 Å². The minimum absolute atomic E-state index is 0.175. The second-order valence-electron chi connectivity index (χ2n) is 5.79. The first-order chi connectivity index (χ1) is 10.7. The number of piperidine rings is 1. The number of amides is 1. The Hall–Kier alpha value is -1.75. The third-order valence-corrected chi connectivity index (χ3v) is 4.25. The molecule has 22 heavy (non-hydrogen) atoms. The van der Waals surface area contributed by atoms with E-state index in [0.29, 0.717) is 30.4 Å². The van der Waals surface area contributed by atoms with Crippen molar-refractivity contribution in [3.63, 3.8) is 0 Å². The summed E-state index contributed by atoms with van der Waals surface area (Å²) in [5.41, 5.74) is 6.58. The predicted molar refractivity (Wildman–Crippen MR) is 86.2 cm³/mol. The number of hydrogen-bond acceptors (Lipinski definition) is 4. The number of rotatable bonds is 6. The van der Waals surface area contributed by atoms with Crippen molar-refractivity contribution in [1.29, 1.82) is 0 Å². The zero-order valence-corrected chi connectivity index (χ0v) is 13.5. The third-order valence-electron chi connectivity index (χ3n) is 4.25. The lowest BCUT2D eigenvalue weighted by Crippen LogP contribution is -2.41. The lowest BCUT2D eigenvalue weighted by atomic mass is 9.94. The van der Waals surface area contributed by atoms with Gasteiger partial charge in [-0.05, 0) is 49.4 Å². The summed E-state index contributed by atoms with van der Waals surface area (Å²) in [7, 11) is 3.21. The molecule has 122 valence electrons. The Balaban J connectivity index is 1.99. The molecule has 0 radical (unpaired) electrons. The summed E-state index contributed by atoms with van der Waals surface area (Å²) in [5.74, 6) is 2.06. The van der Waals surface area contributed by atoms with Crippen LogP contribution in [0, 0.1) is 5.92 Å². The maximum absolute atomic E-state index is 12.5. The monoisotopic (exact) mass is 306 g/mol. The minimum Gasteiger partial charge on any atom is -0.493 e. The Morgan fingerprint density at radius 1 is 1.32 bits per heavy atom. The summed E-state index contributed by atoms with van der Waals surface area (Å²) in [6.07, 6.45) is 3.65. The highest BCUT2D eigenvalue weighted by atomic mass is 16.5. The molecule has 0 saturated carbocycles. The Morgan fingerprint density at radius 2 is 2.09 bits per heavy atom. The summed E-state index contributed by atoms with van der Waals surface area (Å²) in [4.78, 5) is 14.5. The molecule has 2 N–H and O–H groups in total. The molecule has 0 spiro atoms. The van der Waals surface area contributed by atoms with Crippen LogP contribution in [0.15, 0.2) is 18.2 Å². The average Bonchev–Trinajstić information content (AvgIpc) is 2.55. The number of carbonyl (C=O) groups excluding carboxylic acids is 1. The number of carbonyl (C=O) groups is 1. The standard InChI is InChI=1S/C17H26N2O3/c1-21-15-6-5-14(10-16(15)22-2)11-17(20)19-9-3-4-13(12-19)7-8-18/h5-6,10,13H,3-4,7-9,11-12,18H2,1-2H3. The first-order valence-electron chi connectivity index (χ1n) is 7.86. The van der Waals surface area contributed by atoms with Crippen LogP contribution in [0.2, 0.25) is 0 Å². The zero-order valence-electron chi connectivity index (χ0n) is 13.5. The molecular weight excluding hydrogens is 280 g/mol. The average molecular weight is 306 g/mol. The first-order valence-corrected chi connectivity index (χ1v) is 7.86. The van der Waals surface area contributed by atoms with Crippen molar-refractivity contribution in [1.82, 2.24) is 4.90 Å². The van der Waals surface area contributed by atoms with E-state index in [4.69, 9.17) is 15.2 Å². The maximum atomic E-state index is 12.5. The van der Waals surface area contributed by atoms with Gasteiger partial charge in [0.2, 0.25) is 5.91 Å². The number of likely N-dealkylation sites (tertiary alicyclic amines) is 1. The Labute approximate surface area is 132 Å². The highest BCUT2D eigenvalue weighted by Gasteiger charge is 2.23. The molecule has 1 saturated heterocycles. The first kappa shape index (κ1) is 16.6. The van der Waals surface area contributed by atoms with Crippen LogP contribution in [0.25, 0.3) is 0 Å². The van der Waals surface area contributed by atoms with Crippen LogP contribution in [0.3, 0.4) is 0 Å². The van der Waals surface area contributed by atoms with Gasteiger partial charge in [0, 0.05) is 13.1 Å². The molecule has 2 rings (SSSR count). The summed E-state index contributed by atoms with van der Waals surface area (Å²) < 4.78 is 10.5. The highest BCUT2D eigenvalue weighted by Crippen LogP contribution is 2.28. The zero-order chi connectivity index (χ0) is 15.9. The fourth-order valence-corrected chi connectivity index (χ4v) is 3.04. The topological polar surface area (TPSA) is 64.8 Å². The molecular formula is C17H26N2O3. The molecule has 1 aromatic rings. The van der Waals surface area contributed by atoms with Crippen molar-refractivity contribution in [2.24, 2.45) is 11.7 Å². The molecule has 1 aromatic carbocycles. The molecule has 1 heterocycles. The second kappa shape index (κ2) is 8.03. The molecule has 5 heteroatoms.